The zero-order valence-corrected chi connectivity index (χ0v) is 4.35. The highest BCUT2D eigenvalue weighted by Gasteiger charge is 1.66. The smallest absolute Gasteiger partial charge is 0.160 e. The lowest BCUT2D eigenvalue weighted by atomic mass is 10.7. The van der Waals surface area contributed by atoms with E-state index in [1.54, 1.807) is 0 Å². The van der Waals surface area contributed by atoms with Crippen LogP contribution in [0.25, 0.3) is 0 Å². The fourth-order valence-electron chi connectivity index (χ4n) is 0.161. The molecule has 0 unspecified atom stereocenters. The number of terminal acetylenes is 1. The van der Waals surface area contributed by atoms with E-state index in [2.05, 4.69) is 22.7 Å². The molecule has 0 aromatic heterocycles. The molecule has 0 aliphatic carbocycles. The van der Waals surface area contributed by atoms with Gasteiger partial charge in [0.25, 0.3) is 0 Å². The first-order valence-corrected chi connectivity index (χ1v) is 2.05. The van der Waals surface area contributed by atoms with Gasteiger partial charge in [-0.15, -0.1) is 6.42 Å². The molecule has 0 aliphatic rings. The van der Waals surface area contributed by atoms with Gasteiger partial charge in [0.15, 0.2) is 6.61 Å². The average molecular weight is 110 g/mol. The Hall–Kier alpha value is -1.12. The van der Waals surface area contributed by atoms with E-state index < -0.39 is 0 Å². The van der Waals surface area contributed by atoms with Crippen LogP contribution < -0.4 is 0 Å². The molecule has 1 N–H and O–H groups in total. The van der Waals surface area contributed by atoms with E-state index in [0.717, 1.165) is 0 Å². The van der Waals surface area contributed by atoms with Gasteiger partial charge in [-0.1, -0.05) is 5.92 Å². The molecule has 0 amide bonds. The second-order valence-corrected chi connectivity index (χ2v) is 0.930. The molecule has 0 aromatic rings. The number of hydrogen-bond acceptors (Lipinski definition) is 2. The molecule has 2 nitrogen and oxygen atoms in total. The minimum atomic E-state index is -0.190. The molecule has 2 heteroatoms. The predicted molar refractivity (Wildman–Crippen MR) is 29.6 cm³/mol. The molecule has 0 heterocycles. The van der Waals surface area contributed by atoms with Crippen molar-refractivity contribution in [3.8, 4) is 24.4 Å². The molecular formula is C6H6O2. The maximum Gasteiger partial charge on any atom is 0.160 e. The summed E-state index contributed by atoms with van der Waals surface area (Å²) in [6.07, 6.45) is 7.00. The lowest BCUT2D eigenvalue weighted by Crippen LogP contribution is -1.81. The molecule has 0 atom stereocenters. The van der Waals surface area contributed by atoms with Crippen LogP contribution in [-0.2, 0) is 4.74 Å². The second-order valence-electron chi connectivity index (χ2n) is 0.930. The summed E-state index contributed by atoms with van der Waals surface area (Å²) in [5.74, 6) is 4.49. The molecule has 0 bridgehead atoms. The first-order valence-electron chi connectivity index (χ1n) is 2.05. The Kier molecular flexibility index (Phi) is 5.06. The van der Waals surface area contributed by atoms with Crippen molar-refractivity contribution in [3.63, 3.8) is 0 Å². The van der Waals surface area contributed by atoms with Gasteiger partial charge in [-0.05, 0) is 5.92 Å². The van der Waals surface area contributed by atoms with Gasteiger partial charge in [0.05, 0.1) is 0 Å². The summed E-state index contributed by atoms with van der Waals surface area (Å²) in [5, 5.41) is 8.06. The van der Waals surface area contributed by atoms with Crippen LogP contribution in [0.5, 0.6) is 0 Å². The molecule has 42 valence electrons. The van der Waals surface area contributed by atoms with Crippen molar-refractivity contribution in [1.82, 2.24) is 0 Å². The van der Waals surface area contributed by atoms with Gasteiger partial charge in [0.1, 0.15) is 12.7 Å². The average Bonchev–Trinajstić information content (AvgIpc) is 1.81. The van der Waals surface area contributed by atoms with Crippen LogP contribution in [0.1, 0.15) is 0 Å². The Morgan fingerprint density at radius 2 is 2.38 bits per heavy atom. The highest BCUT2D eigenvalue weighted by atomic mass is 16.5. The summed E-state index contributed by atoms with van der Waals surface area (Å²) in [4.78, 5) is 0. The number of rotatable bonds is 1. The van der Waals surface area contributed by atoms with Crippen molar-refractivity contribution in [2.24, 2.45) is 0 Å². The van der Waals surface area contributed by atoms with E-state index >= 15 is 0 Å². The third kappa shape index (κ3) is 4.88. The van der Waals surface area contributed by atoms with Gasteiger partial charge < -0.3 is 9.84 Å². The van der Waals surface area contributed by atoms with Gasteiger partial charge in [-0.25, -0.2) is 0 Å². The van der Waals surface area contributed by atoms with Gasteiger partial charge >= 0.3 is 0 Å². The fourth-order valence-corrected chi connectivity index (χ4v) is 0.161. The molecule has 8 heavy (non-hydrogen) atoms. The highest BCUT2D eigenvalue weighted by Crippen LogP contribution is 1.63. The highest BCUT2D eigenvalue weighted by molar-refractivity contribution is 4.93. The molecule has 0 saturated heterocycles. The first kappa shape index (κ1) is 6.88. The van der Waals surface area contributed by atoms with E-state index in [4.69, 9.17) is 11.5 Å². The number of ether oxygens (including phenoxy) is 1. The standard InChI is InChI=1S/C6H6O2/c1-2-5-8-6-3-4-7/h1,7H,4-5H2. The summed E-state index contributed by atoms with van der Waals surface area (Å²) in [7, 11) is 0. The third-order valence-electron chi connectivity index (χ3n) is 0.379. The van der Waals surface area contributed by atoms with Crippen LogP contribution in [0.4, 0.5) is 0 Å². The summed E-state index contributed by atoms with van der Waals surface area (Å²) in [5.41, 5.74) is 0. The van der Waals surface area contributed by atoms with E-state index in [-0.39, 0.29) is 13.2 Å². The lowest BCUT2D eigenvalue weighted by Gasteiger charge is -1.81. The Labute approximate surface area is 48.5 Å². The van der Waals surface area contributed by atoms with Gasteiger partial charge in [0, 0.05) is 0 Å². The Morgan fingerprint density at radius 3 is 2.88 bits per heavy atom. The molecule has 0 radical (unpaired) electrons. The second kappa shape index (κ2) is 5.88. The zero-order valence-electron chi connectivity index (χ0n) is 4.35. The maximum absolute atomic E-state index is 8.06. The minimum absolute atomic E-state index is 0.174. The number of aliphatic hydroxyl groups excluding tert-OH is 1. The van der Waals surface area contributed by atoms with Crippen LogP contribution in [-0.4, -0.2) is 18.3 Å². The van der Waals surface area contributed by atoms with Crippen LogP contribution >= 0.6 is 0 Å². The third-order valence-corrected chi connectivity index (χ3v) is 0.379. The van der Waals surface area contributed by atoms with Crippen LogP contribution in [0, 0.1) is 24.4 Å². The Balaban J connectivity index is 3.06. The zero-order chi connectivity index (χ0) is 6.24. The van der Waals surface area contributed by atoms with Crippen molar-refractivity contribution >= 4 is 0 Å². The van der Waals surface area contributed by atoms with Gasteiger partial charge in [0.2, 0.25) is 0 Å². The summed E-state index contributed by atoms with van der Waals surface area (Å²) < 4.78 is 4.47. The summed E-state index contributed by atoms with van der Waals surface area (Å²) >= 11 is 0. The van der Waals surface area contributed by atoms with Gasteiger partial charge in [-0.2, -0.15) is 0 Å². The predicted octanol–water partition coefficient (Wildman–Crippen LogP) is -0.411. The molecule has 0 spiro atoms. The molecule has 0 rings (SSSR count). The largest absolute Gasteiger partial charge is 0.433 e. The van der Waals surface area contributed by atoms with Crippen molar-refractivity contribution in [2.75, 3.05) is 13.2 Å². The number of aliphatic hydroxyl groups is 1. The van der Waals surface area contributed by atoms with Crippen molar-refractivity contribution in [3.05, 3.63) is 0 Å². The topological polar surface area (TPSA) is 29.5 Å². The summed E-state index contributed by atoms with van der Waals surface area (Å²) in [6, 6.07) is 0. The molecule has 0 fully saturated rings. The normalized spacial score (nSPS) is 6.00. The van der Waals surface area contributed by atoms with Crippen molar-refractivity contribution in [2.45, 2.75) is 0 Å². The van der Waals surface area contributed by atoms with Crippen LogP contribution in [0.3, 0.4) is 0 Å². The lowest BCUT2D eigenvalue weighted by molar-refractivity contribution is 0.319. The van der Waals surface area contributed by atoms with E-state index in [9.17, 15) is 0 Å². The van der Waals surface area contributed by atoms with Crippen molar-refractivity contribution < 1.29 is 9.84 Å². The maximum atomic E-state index is 8.06. The Bertz CT molecular complexity index is 133. The van der Waals surface area contributed by atoms with E-state index in [1.165, 1.54) is 0 Å². The molecule has 0 aromatic carbocycles. The van der Waals surface area contributed by atoms with Crippen LogP contribution in [0.15, 0.2) is 0 Å². The van der Waals surface area contributed by atoms with Crippen LogP contribution in [0.2, 0.25) is 0 Å². The molecule has 0 saturated carbocycles. The summed E-state index contributed by atoms with van der Waals surface area (Å²) in [6.45, 7) is -0.0163. The SMILES string of the molecule is C#CCOC#CCO. The van der Waals surface area contributed by atoms with E-state index in [0.29, 0.717) is 0 Å². The Morgan fingerprint density at radius 1 is 1.62 bits per heavy atom. The number of hydrogen-bond donors (Lipinski definition) is 1. The molecular weight excluding hydrogens is 104 g/mol. The molecule has 0 aliphatic heterocycles. The fraction of sp³-hybridized carbons (Fsp3) is 0.333. The van der Waals surface area contributed by atoms with Crippen molar-refractivity contribution in [1.29, 1.82) is 0 Å². The first-order chi connectivity index (χ1) is 3.91. The van der Waals surface area contributed by atoms with Gasteiger partial charge in [-0.3, -0.25) is 0 Å². The minimum Gasteiger partial charge on any atom is -0.433 e. The van der Waals surface area contributed by atoms with E-state index in [1.807, 2.05) is 0 Å². The monoisotopic (exact) mass is 110 g/mol. The quantitative estimate of drug-likeness (QED) is 0.367.